The number of carbonyl (C=O) groups is 1. The van der Waals surface area contributed by atoms with Crippen molar-refractivity contribution in [3.63, 3.8) is 0 Å². The second-order valence-corrected chi connectivity index (χ2v) is 7.80. The van der Waals surface area contributed by atoms with E-state index in [4.69, 9.17) is 0 Å². The molecule has 2 N–H and O–H groups in total. The molecule has 0 saturated carbocycles. The number of nitrogens with zero attached hydrogens (tertiary/aromatic N) is 3. The normalized spacial score (nSPS) is 25.4. The Balaban J connectivity index is 1.55. The summed E-state index contributed by atoms with van der Waals surface area (Å²) in [4.78, 5) is 19.4. The minimum absolute atomic E-state index is 0.104. The highest BCUT2D eigenvalue weighted by Gasteiger charge is 2.35. The first-order valence-corrected chi connectivity index (χ1v) is 9.62. The zero-order valence-corrected chi connectivity index (χ0v) is 15.7. The van der Waals surface area contributed by atoms with Gasteiger partial charge < -0.3 is 24.9 Å². The lowest BCUT2D eigenvalue weighted by molar-refractivity contribution is -0.129. The van der Waals surface area contributed by atoms with Crippen LogP contribution in [0, 0.1) is 11.8 Å². The molecule has 0 aromatic heterocycles. The van der Waals surface area contributed by atoms with Gasteiger partial charge in [0, 0.05) is 45.2 Å². The summed E-state index contributed by atoms with van der Waals surface area (Å²) in [5, 5.41) is 19.2. The number of aliphatic hydroxyl groups excluding tert-OH is 1. The Morgan fingerprint density at radius 1 is 1.08 bits per heavy atom. The lowest BCUT2D eigenvalue weighted by atomic mass is 9.96. The molecule has 0 bridgehead atoms. The van der Waals surface area contributed by atoms with Crippen molar-refractivity contribution in [2.45, 2.75) is 12.8 Å². The number of hydrogen-bond donors (Lipinski definition) is 2. The van der Waals surface area contributed by atoms with Gasteiger partial charge in [0.2, 0.25) is 5.91 Å². The first kappa shape index (κ1) is 19.1. The van der Waals surface area contributed by atoms with Crippen LogP contribution in [0.1, 0.15) is 12.0 Å². The molecule has 6 heteroatoms. The summed E-state index contributed by atoms with van der Waals surface area (Å²) >= 11 is 0. The number of benzene rings is 1. The molecule has 2 unspecified atom stereocenters. The molecule has 2 aliphatic rings. The Morgan fingerprint density at radius 2 is 1.81 bits per heavy atom. The van der Waals surface area contributed by atoms with E-state index < -0.39 is 0 Å². The van der Waals surface area contributed by atoms with Crippen LogP contribution in [0.25, 0.3) is 0 Å². The maximum absolute atomic E-state index is 12.7. The van der Waals surface area contributed by atoms with Gasteiger partial charge in [0.15, 0.2) is 0 Å². The van der Waals surface area contributed by atoms with Gasteiger partial charge in [-0.1, -0.05) is 12.1 Å². The molecule has 3 rings (SSSR count). The second-order valence-electron chi connectivity index (χ2n) is 7.80. The molecule has 2 atom stereocenters. The van der Waals surface area contributed by atoms with Gasteiger partial charge in [0.05, 0.1) is 6.42 Å². The van der Waals surface area contributed by atoms with Crippen molar-refractivity contribution in [3.8, 4) is 5.75 Å². The fraction of sp³-hybridized carbons (Fsp3) is 0.650. The van der Waals surface area contributed by atoms with Crippen LogP contribution >= 0.6 is 0 Å². The van der Waals surface area contributed by atoms with Crippen LogP contribution in [0.15, 0.2) is 24.3 Å². The number of rotatable bonds is 5. The quantitative estimate of drug-likeness (QED) is 0.806. The predicted octanol–water partition coefficient (Wildman–Crippen LogP) is 0.639. The number of aliphatic hydroxyl groups is 1. The smallest absolute Gasteiger partial charge is 0.227 e. The Bertz CT molecular complexity index is 592. The van der Waals surface area contributed by atoms with Gasteiger partial charge in [0.25, 0.3) is 0 Å². The van der Waals surface area contributed by atoms with Crippen molar-refractivity contribution >= 4 is 5.91 Å². The third-order valence-electron chi connectivity index (χ3n) is 5.76. The predicted molar refractivity (Wildman–Crippen MR) is 101 cm³/mol. The average Bonchev–Trinajstić information content (AvgIpc) is 2.93. The third-order valence-corrected chi connectivity index (χ3v) is 5.76. The van der Waals surface area contributed by atoms with Crippen LogP contribution in [-0.4, -0.2) is 90.3 Å². The first-order valence-electron chi connectivity index (χ1n) is 9.62. The first-order chi connectivity index (χ1) is 12.5. The van der Waals surface area contributed by atoms with E-state index >= 15 is 0 Å². The molecule has 1 amide bonds. The average molecular weight is 361 g/mol. The molecule has 1 aromatic carbocycles. The van der Waals surface area contributed by atoms with Crippen LogP contribution in [-0.2, 0) is 11.2 Å². The molecule has 0 radical (unpaired) electrons. The maximum atomic E-state index is 12.7. The van der Waals surface area contributed by atoms with Crippen LogP contribution < -0.4 is 0 Å². The molecule has 2 saturated heterocycles. The second kappa shape index (κ2) is 8.84. The highest BCUT2D eigenvalue weighted by Crippen LogP contribution is 2.25. The molecule has 2 fully saturated rings. The number of phenolic OH excluding ortho intramolecular Hbond substituents is 1. The number of hydrogen-bond acceptors (Lipinski definition) is 5. The fourth-order valence-electron chi connectivity index (χ4n) is 4.07. The molecular formula is C20H31N3O3. The Kier molecular flexibility index (Phi) is 6.51. The van der Waals surface area contributed by atoms with E-state index in [1.165, 1.54) is 6.42 Å². The van der Waals surface area contributed by atoms with Crippen LogP contribution in [0.5, 0.6) is 5.75 Å². The summed E-state index contributed by atoms with van der Waals surface area (Å²) in [6.45, 7) is 6.86. The van der Waals surface area contributed by atoms with E-state index in [0.29, 0.717) is 18.9 Å². The number of carbonyl (C=O) groups excluding carboxylic acids is 1. The summed E-state index contributed by atoms with van der Waals surface area (Å²) in [5.41, 5.74) is 0.910. The van der Waals surface area contributed by atoms with Gasteiger partial charge in [-0.15, -0.1) is 0 Å². The molecule has 144 valence electrons. The summed E-state index contributed by atoms with van der Waals surface area (Å²) in [6.07, 6.45) is 1.52. The van der Waals surface area contributed by atoms with E-state index in [0.717, 1.165) is 44.8 Å². The number of aromatic hydroxyl groups is 1. The molecule has 0 aliphatic carbocycles. The van der Waals surface area contributed by atoms with Crippen molar-refractivity contribution in [1.29, 1.82) is 0 Å². The topological polar surface area (TPSA) is 67.2 Å². The van der Waals surface area contributed by atoms with E-state index in [1.54, 1.807) is 24.3 Å². The number of likely N-dealkylation sites (N-methyl/N-ethyl adjacent to an activating group) is 1. The molecule has 2 heterocycles. The highest BCUT2D eigenvalue weighted by atomic mass is 16.3. The largest absolute Gasteiger partial charge is 0.508 e. The number of amides is 1. The molecule has 1 aromatic rings. The molecular weight excluding hydrogens is 330 g/mol. The van der Waals surface area contributed by atoms with Crippen molar-refractivity contribution in [3.05, 3.63) is 29.8 Å². The van der Waals surface area contributed by atoms with Crippen LogP contribution in [0.2, 0.25) is 0 Å². The molecule has 6 nitrogen and oxygen atoms in total. The molecule has 26 heavy (non-hydrogen) atoms. The minimum Gasteiger partial charge on any atom is -0.508 e. The zero-order chi connectivity index (χ0) is 18.5. The van der Waals surface area contributed by atoms with Gasteiger partial charge in [-0.2, -0.15) is 0 Å². The monoisotopic (exact) mass is 361 g/mol. The van der Waals surface area contributed by atoms with Gasteiger partial charge in [-0.3, -0.25) is 4.79 Å². The molecule has 0 spiro atoms. The van der Waals surface area contributed by atoms with Crippen LogP contribution in [0.4, 0.5) is 0 Å². The van der Waals surface area contributed by atoms with Crippen molar-refractivity contribution in [2.24, 2.45) is 11.8 Å². The minimum atomic E-state index is 0.104. The van der Waals surface area contributed by atoms with E-state index in [9.17, 15) is 15.0 Å². The number of phenols is 1. The lowest BCUT2D eigenvalue weighted by Crippen LogP contribution is -2.36. The Labute approximate surface area is 156 Å². The van der Waals surface area contributed by atoms with E-state index in [-0.39, 0.29) is 24.2 Å². The highest BCUT2D eigenvalue weighted by molar-refractivity contribution is 5.79. The Hall–Kier alpha value is -1.63. The lowest BCUT2D eigenvalue weighted by Gasteiger charge is -2.26. The van der Waals surface area contributed by atoms with Gasteiger partial charge >= 0.3 is 0 Å². The van der Waals surface area contributed by atoms with E-state index in [1.807, 2.05) is 4.90 Å². The summed E-state index contributed by atoms with van der Waals surface area (Å²) < 4.78 is 0. The van der Waals surface area contributed by atoms with Crippen molar-refractivity contribution in [1.82, 2.24) is 14.7 Å². The van der Waals surface area contributed by atoms with Gasteiger partial charge in [-0.25, -0.2) is 0 Å². The van der Waals surface area contributed by atoms with E-state index in [2.05, 4.69) is 16.8 Å². The fourth-order valence-corrected chi connectivity index (χ4v) is 4.07. The molecule has 2 aliphatic heterocycles. The Morgan fingerprint density at radius 3 is 2.54 bits per heavy atom. The van der Waals surface area contributed by atoms with Crippen molar-refractivity contribution < 1.29 is 15.0 Å². The van der Waals surface area contributed by atoms with Crippen molar-refractivity contribution in [2.75, 3.05) is 59.5 Å². The maximum Gasteiger partial charge on any atom is 0.227 e. The zero-order valence-electron chi connectivity index (χ0n) is 15.7. The van der Waals surface area contributed by atoms with Crippen LogP contribution in [0.3, 0.4) is 0 Å². The summed E-state index contributed by atoms with van der Waals surface area (Å²) in [7, 11) is 2.17. The van der Waals surface area contributed by atoms with Gasteiger partial charge in [0.1, 0.15) is 5.75 Å². The van der Waals surface area contributed by atoms with Gasteiger partial charge in [-0.05, 0) is 50.2 Å². The summed E-state index contributed by atoms with van der Waals surface area (Å²) in [6, 6.07) is 6.81. The standard InChI is InChI=1S/C20H31N3O3/c1-21-7-2-8-22(10-9-21)12-17-13-23(14-18(17)15-24)20(26)11-16-3-5-19(25)6-4-16/h3-6,17-18,24-25H,2,7-15H2,1H3. The number of likely N-dealkylation sites (tertiary alicyclic amines) is 1. The SMILES string of the molecule is CN1CCCN(CC2CN(C(=O)Cc3ccc(O)cc3)CC2CO)CC1. The third kappa shape index (κ3) is 4.96. The summed E-state index contributed by atoms with van der Waals surface area (Å²) in [5.74, 6) is 0.824.